The van der Waals surface area contributed by atoms with Crippen LogP contribution < -0.4 is 10.2 Å². The largest absolute Gasteiger partial charge is 0.756 e. The molecule has 0 rings (SSSR count). The van der Waals surface area contributed by atoms with Crippen molar-refractivity contribution in [1.82, 2.24) is 5.32 Å². The number of unbranched alkanes of at least 4 members (excludes halogenated alkanes) is 14. The van der Waals surface area contributed by atoms with Gasteiger partial charge in [0.1, 0.15) is 13.2 Å². The zero-order chi connectivity index (χ0) is 44.3. The predicted molar refractivity (Wildman–Crippen MR) is 256 cm³/mol. The predicted octanol–water partition coefficient (Wildman–Crippen LogP) is 12.9. The molecule has 0 saturated heterocycles. The molecule has 3 atom stereocenters. The van der Waals surface area contributed by atoms with Gasteiger partial charge in [0, 0.05) is 6.42 Å². The number of amides is 1. The van der Waals surface area contributed by atoms with E-state index < -0.39 is 26.6 Å². The summed E-state index contributed by atoms with van der Waals surface area (Å²) >= 11 is 0. The van der Waals surface area contributed by atoms with Gasteiger partial charge in [0.2, 0.25) is 5.91 Å². The molecule has 9 heteroatoms. The molecule has 0 heterocycles. The number of phosphoric acid groups is 1. The maximum Gasteiger partial charge on any atom is 0.268 e. The number of hydrogen-bond acceptors (Lipinski definition) is 6. The van der Waals surface area contributed by atoms with E-state index in [2.05, 4.69) is 104 Å². The zero-order valence-electron chi connectivity index (χ0n) is 38.9. The third-order valence-electron chi connectivity index (χ3n) is 9.76. The molecule has 1 amide bonds. The zero-order valence-corrected chi connectivity index (χ0v) is 39.8. The molecule has 2 N–H and O–H groups in total. The molecule has 0 radical (unpaired) electrons. The fourth-order valence-electron chi connectivity index (χ4n) is 6.03. The Kier molecular flexibility index (Phi) is 40.0. The van der Waals surface area contributed by atoms with Crippen LogP contribution in [0.1, 0.15) is 168 Å². The van der Waals surface area contributed by atoms with E-state index in [0.29, 0.717) is 17.4 Å². The molecule has 60 heavy (non-hydrogen) atoms. The summed E-state index contributed by atoms with van der Waals surface area (Å²) in [7, 11) is 1.20. The Morgan fingerprint density at radius 2 is 1.03 bits per heavy atom. The number of rotatable bonds is 41. The highest BCUT2D eigenvalue weighted by atomic mass is 31.2. The lowest BCUT2D eigenvalue weighted by atomic mass is 10.1. The summed E-state index contributed by atoms with van der Waals surface area (Å²) in [5.41, 5.74) is 0. The van der Waals surface area contributed by atoms with Crippen LogP contribution in [-0.2, 0) is 18.4 Å². The lowest BCUT2D eigenvalue weighted by Crippen LogP contribution is -2.45. The van der Waals surface area contributed by atoms with Gasteiger partial charge in [-0.1, -0.05) is 169 Å². The second-order valence-electron chi connectivity index (χ2n) is 16.7. The highest BCUT2D eigenvalue weighted by Crippen LogP contribution is 2.38. The minimum Gasteiger partial charge on any atom is -0.756 e. The van der Waals surface area contributed by atoms with E-state index >= 15 is 0 Å². The van der Waals surface area contributed by atoms with Gasteiger partial charge in [-0.15, -0.1) is 0 Å². The Hall–Kier alpha value is -2.58. The highest BCUT2D eigenvalue weighted by Gasteiger charge is 2.23. The van der Waals surface area contributed by atoms with Crippen molar-refractivity contribution in [3.63, 3.8) is 0 Å². The summed E-state index contributed by atoms with van der Waals surface area (Å²) in [6.07, 6.45) is 58.8. The summed E-state index contributed by atoms with van der Waals surface area (Å²) in [6.45, 7) is 4.46. The molecule has 0 aromatic carbocycles. The van der Waals surface area contributed by atoms with Crippen LogP contribution in [0.15, 0.2) is 97.2 Å². The number of aliphatic hydroxyl groups excluding tert-OH is 1. The molecule has 0 aromatic heterocycles. The van der Waals surface area contributed by atoms with E-state index in [9.17, 15) is 19.4 Å². The van der Waals surface area contributed by atoms with Crippen LogP contribution in [0.25, 0.3) is 0 Å². The summed E-state index contributed by atoms with van der Waals surface area (Å²) in [4.78, 5) is 25.3. The van der Waals surface area contributed by atoms with Gasteiger partial charge in [0.05, 0.1) is 39.9 Å². The van der Waals surface area contributed by atoms with E-state index in [1.807, 2.05) is 27.2 Å². The minimum atomic E-state index is -4.61. The Balaban J connectivity index is 4.52. The molecule has 0 spiro atoms. The van der Waals surface area contributed by atoms with Gasteiger partial charge >= 0.3 is 0 Å². The molecule has 0 bridgehead atoms. The number of likely N-dealkylation sites (N-methyl/N-ethyl adjacent to an activating group) is 1. The minimum absolute atomic E-state index is 0.0187. The summed E-state index contributed by atoms with van der Waals surface area (Å²) in [6, 6.07) is -0.926. The third kappa shape index (κ3) is 43.5. The molecule has 0 aromatic rings. The lowest BCUT2D eigenvalue weighted by Gasteiger charge is -2.29. The number of nitrogens with zero attached hydrogens (tertiary/aromatic N) is 1. The van der Waals surface area contributed by atoms with Crippen LogP contribution in [-0.4, -0.2) is 68.5 Å². The first-order valence-electron chi connectivity index (χ1n) is 23.6. The first-order chi connectivity index (χ1) is 29.0. The molecular formula is C51H89N2O6P. The van der Waals surface area contributed by atoms with Crippen molar-refractivity contribution in [2.75, 3.05) is 40.9 Å². The van der Waals surface area contributed by atoms with Crippen molar-refractivity contribution in [1.29, 1.82) is 0 Å². The molecule has 0 aliphatic carbocycles. The van der Waals surface area contributed by atoms with Gasteiger partial charge < -0.3 is 28.8 Å². The van der Waals surface area contributed by atoms with E-state index in [4.69, 9.17) is 9.05 Å². The fourth-order valence-corrected chi connectivity index (χ4v) is 6.75. The van der Waals surface area contributed by atoms with Crippen LogP contribution in [0.3, 0.4) is 0 Å². The second-order valence-corrected chi connectivity index (χ2v) is 18.1. The van der Waals surface area contributed by atoms with Gasteiger partial charge in [-0.3, -0.25) is 9.36 Å². The highest BCUT2D eigenvalue weighted by molar-refractivity contribution is 7.45. The number of phosphoric ester groups is 1. The Morgan fingerprint density at radius 3 is 1.55 bits per heavy atom. The SMILES string of the molecule is CC/C=C\C/C=C\C/C=C\C/C=C\C/C=C\CCCCCCCC(=O)NC(COP(=O)([O-])OCC[N+](C)(C)C)C(O)/C=C/CC/C=C/CC/C=C/CCCCCCCCC. The van der Waals surface area contributed by atoms with Crippen LogP contribution in [0.5, 0.6) is 0 Å². The van der Waals surface area contributed by atoms with Crippen molar-refractivity contribution in [3.05, 3.63) is 97.2 Å². The van der Waals surface area contributed by atoms with E-state index in [1.165, 1.54) is 51.4 Å². The van der Waals surface area contributed by atoms with Gasteiger partial charge in [-0.05, 0) is 89.9 Å². The topological polar surface area (TPSA) is 108 Å². The van der Waals surface area contributed by atoms with Crippen LogP contribution in [0.4, 0.5) is 0 Å². The molecule has 0 aliphatic heterocycles. The maximum atomic E-state index is 12.9. The van der Waals surface area contributed by atoms with Crippen molar-refractivity contribution < 1.29 is 32.9 Å². The maximum absolute atomic E-state index is 12.9. The summed E-state index contributed by atoms with van der Waals surface area (Å²) in [5, 5.41) is 13.8. The Labute approximate surface area is 369 Å². The van der Waals surface area contributed by atoms with Crippen LogP contribution >= 0.6 is 7.82 Å². The van der Waals surface area contributed by atoms with Gasteiger partial charge in [0.25, 0.3) is 7.82 Å². The van der Waals surface area contributed by atoms with Crippen LogP contribution in [0.2, 0.25) is 0 Å². The number of hydrogen-bond donors (Lipinski definition) is 2. The van der Waals surface area contributed by atoms with Gasteiger partial charge in [0.15, 0.2) is 0 Å². The van der Waals surface area contributed by atoms with E-state index in [-0.39, 0.29) is 12.5 Å². The van der Waals surface area contributed by atoms with Gasteiger partial charge in [-0.25, -0.2) is 0 Å². The van der Waals surface area contributed by atoms with E-state index in [1.54, 1.807) is 6.08 Å². The summed E-state index contributed by atoms with van der Waals surface area (Å²) in [5.74, 6) is -0.235. The molecule has 0 aliphatic rings. The Morgan fingerprint density at radius 1 is 0.600 bits per heavy atom. The molecule has 0 saturated carbocycles. The number of nitrogens with one attached hydrogen (secondary N) is 1. The molecule has 3 unspecified atom stereocenters. The van der Waals surface area contributed by atoms with Crippen molar-refractivity contribution >= 4 is 13.7 Å². The number of carbonyl (C=O) groups is 1. The standard InChI is InChI=1S/C51H89N2O6P/c1-6-8-10-12-14-16-18-20-22-24-25-26-27-29-31-33-35-37-39-41-43-45-51(55)52-49(48-59-60(56,57)58-47-46-53(3,4)5)50(54)44-42-40-38-36-34-32-30-28-23-21-19-17-15-13-11-9-7-2/h8,10,14,16,20,22-23,25-26,28-29,31,34,36,42,44,49-50,54H,6-7,9,11-13,15,17-19,21,24,27,30,32-33,35,37-41,43,45-48H2,1-5H3,(H-,52,55,56,57)/b10-8-,16-14-,22-20-,26-25-,28-23+,31-29-,36-34+,44-42+. The van der Waals surface area contributed by atoms with Crippen molar-refractivity contribution in [3.8, 4) is 0 Å². The Bertz CT molecular complexity index is 1290. The van der Waals surface area contributed by atoms with Gasteiger partial charge in [-0.2, -0.15) is 0 Å². The quantitative estimate of drug-likeness (QED) is 0.0274. The van der Waals surface area contributed by atoms with Crippen molar-refractivity contribution in [2.24, 2.45) is 0 Å². The average Bonchev–Trinajstić information content (AvgIpc) is 3.20. The number of quaternary nitrogens is 1. The monoisotopic (exact) mass is 857 g/mol. The third-order valence-corrected chi connectivity index (χ3v) is 10.7. The number of aliphatic hydroxyl groups is 1. The van der Waals surface area contributed by atoms with E-state index in [0.717, 1.165) is 96.3 Å². The average molecular weight is 857 g/mol. The molecule has 8 nitrogen and oxygen atoms in total. The molecular weight excluding hydrogens is 768 g/mol. The smallest absolute Gasteiger partial charge is 0.268 e. The molecule has 0 fully saturated rings. The second kappa shape index (κ2) is 41.8. The molecule has 344 valence electrons. The number of allylic oxidation sites excluding steroid dienone is 15. The first-order valence-corrected chi connectivity index (χ1v) is 25.1. The van der Waals surface area contributed by atoms with Crippen molar-refractivity contribution in [2.45, 2.75) is 180 Å². The first kappa shape index (κ1) is 57.4. The lowest BCUT2D eigenvalue weighted by molar-refractivity contribution is -0.870. The normalized spacial score (nSPS) is 15.1. The summed E-state index contributed by atoms with van der Waals surface area (Å²) < 4.78 is 23.2. The fraction of sp³-hybridized carbons (Fsp3) is 0.667. The van der Waals surface area contributed by atoms with Crippen LogP contribution in [0, 0.1) is 0 Å². The number of carbonyl (C=O) groups excluding carboxylic acids is 1.